The van der Waals surface area contributed by atoms with Gasteiger partial charge in [0.25, 0.3) is 5.91 Å². The van der Waals surface area contributed by atoms with Crippen LogP contribution >= 0.6 is 0 Å². The molecule has 0 saturated heterocycles. The predicted molar refractivity (Wildman–Crippen MR) is 77.9 cm³/mol. The van der Waals surface area contributed by atoms with Crippen molar-refractivity contribution in [3.05, 3.63) is 54.0 Å². The molecule has 1 amide bonds. The van der Waals surface area contributed by atoms with Gasteiger partial charge in [-0.05, 0) is 37.3 Å². The SMILES string of the molecule is CC(Oc1cccc(C#N)c1)C(=O)NC(CO)c1ccco1. The van der Waals surface area contributed by atoms with Crippen LogP contribution in [-0.2, 0) is 4.79 Å². The third-order valence-corrected chi connectivity index (χ3v) is 3.03. The summed E-state index contributed by atoms with van der Waals surface area (Å²) in [5.41, 5.74) is 0.453. The molecule has 6 nitrogen and oxygen atoms in total. The van der Waals surface area contributed by atoms with E-state index in [4.69, 9.17) is 14.4 Å². The average Bonchev–Trinajstić information content (AvgIpc) is 3.06. The molecule has 0 saturated carbocycles. The maximum atomic E-state index is 12.1. The van der Waals surface area contributed by atoms with Crippen molar-refractivity contribution in [2.24, 2.45) is 0 Å². The molecule has 2 unspecified atom stereocenters. The molecule has 1 aromatic carbocycles. The van der Waals surface area contributed by atoms with Gasteiger partial charge >= 0.3 is 0 Å². The second-order valence-corrected chi connectivity index (χ2v) is 4.66. The number of hydrogen-bond acceptors (Lipinski definition) is 5. The first kappa shape index (κ1) is 15.6. The smallest absolute Gasteiger partial charge is 0.261 e. The molecule has 0 aliphatic carbocycles. The van der Waals surface area contributed by atoms with E-state index in [1.165, 1.54) is 6.26 Å². The van der Waals surface area contributed by atoms with E-state index in [9.17, 15) is 9.90 Å². The number of benzene rings is 1. The molecular formula is C16H16N2O4. The summed E-state index contributed by atoms with van der Waals surface area (Å²) in [7, 11) is 0. The topological polar surface area (TPSA) is 95.5 Å². The van der Waals surface area contributed by atoms with Crippen LogP contribution in [0.1, 0.15) is 24.3 Å². The maximum absolute atomic E-state index is 12.1. The molecule has 1 heterocycles. The number of aliphatic hydroxyl groups is 1. The van der Waals surface area contributed by atoms with Gasteiger partial charge in [-0.15, -0.1) is 0 Å². The average molecular weight is 300 g/mol. The molecule has 6 heteroatoms. The number of amides is 1. The fraction of sp³-hybridized carbons (Fsp3) is 0.250. The van der Waals surface area contributed by atoms with Crippen LogP contribution in [0.25, 0.3) is 0 Å². The quantitative estimate of drug-likeness (QED) is 0.847. The van der Waals surface area contributed by atoms with Crippen LogP contribution < -0.4 is 10.1 Å². The summed E-state index contributed by atoms with van der Waals surface area (Å²) in [4.78, 5) is 12.1. The minimum absolute atomic E-state index is 0.282. The van der Waals surface area contributed by atoms with Crippen molar-refractivity contribution < 1.29 is 19.1 Å². The zero-order valence-corrected chi connectivity index (χ0v) is 12.0. The Morgan fingerprint density at radius 3 is 2.91 bits per heavy atom. The zero-order valence-electron chi connectivity index (χ0n) is 12.0. The van der Waals surface area contributed by atoms with Gasteiger partial charge in [0.1, 0.15) is 17.6 Å². The summed E-state index contributed by atoms with van der Waals surface area (Å²) in [6, 6.07) is 11.3. The number of ether oxygens (including phenoxy) is 1. The summed E-state index contributed by atoms with van der Waals surface area (Å²) < 4.78 is 10.7. The zero-order chi connectivity index (χ0) is 15.9. The van der Waals surface area contributed by atoms with Crippen molar-refractivity contribution in [3.63, 3.8) is 0 Å². The first-order chi connectivity index (χ1) is 10.6. The van der Waals surface area contributed by atoms with Crippen molar-refractivity contribution >= 4 is 5.91 Å². The number of carbonyl (C=O) groups excluding carboxylic acids is 1. The van der Waals surface area contributed by atoms with Crippen molar-refractivity contribution in [2.45, 2.75) is 19.1 Å². The van der Waals surface area contributed by atoms with Crippen LogP contribution in [0.5, 0.6) is 5.75 Å². The van der Waals surface area contributed by atoms with Crippen molar-refractivity contribution in [1.82, 2.24) is 5.32 Å². The van der Waals surface area contributed by atoms with Gasteiger partial charge in [0.2, 0.25) is 0 Å². The summed E-state index contributed by atoms with van der Waals surface area (Å²) in [6.45, 7) is 1.31. The highest BCUT2D eigenvalue weighted by Crippen LogP contribution is 2.16. The van der Waals surface area contributed by atoms with Gasteiger partial charge in [0.15, 0.2) is 6.10 Å². The van der Waals surface area contributed by atoms with E-state index >= 15 is 0 Å². The molecule has 2 rings (SSSR count). The number of furan rings is 1. The molecule has 114 valence electrons. The van der Waals surface area contributed by atoms with Crippen molar-refractivity contribution in [2.75, 3.05) is 6.61 Å². The molecule has 2 atom stereocenters. The molecule has 2 N–H and O–H groups in total. The van der Waals surface area contributed by atoms with Gasteiger partial charge in [-0.1, -0.05) is 6.07 Å². The number of nitrogens with zero attached hydrogens (tertiary/aromatic N) is 1. The predicted octanol–water partition coefficient (Wildman–Crippen LogP) is 1.77. The lowest BCUT2D eigenvalue weighted by atomic mass is 10.2. The maximum Gasteiger partial charge on any atom is 0.261 e. The van der Waals surface area contributed by atoms with Crippen molar-refractivity contribution in [1.29, 1.82) is 5.26 Å². The Balaban J connectivity index is 1.98. The minimum Gasteiger partial charge on any atom is -0.481 e. The minimum atomic E-state index is -0.780. The Morgan fingerprint density at radius 2 is 2.27 bits per heavy atom. The van der Waals surface area contributed by atoms with Gasteiger partial charge < -0.3 is 19.6 Å². The van der Waals surface area contributed by atoms with E-state index in [0.29, 0.717) is 17.1 Å². The Bertz CT molecular complexity index is 661. The highest BCUT2D eigenvalue weighted by molar-refractivity contribution is 5.81. The number of rotatable bonds is 6. The second kappa shape index (κ2) is 7.29. The molecule has 0 spiro atoms. The monoisotopic (exact) mass is 300 g/mol. The third-order valence-electron chi connectivity index (χ3n) is 3.03. The summed E-state index contributed by atoms with van der Waals surface area (Å²) in [5.74, 6) is 0.507. The summed E-state index contributed by atoms with van der Waals surface area (Å²) in [6.07, 6.45) is 0.690. The molecule has 0 radical (unpaired) electrons. The Morgan fingerprint density at radius 1 is 1.45 bits per heavy atom. The lowest BCUT2D eigenvalue weighted by molar-refractivity contribution is -0.128. The summed E-state index contributed by atoms with van der Waals surface area (Å²) in [5, 5.41) is 20.8. The molecule has 22 heavy (non-hydrogen) atoms. The van der Waals surface area contributed by atoms with Crippen LogP contribution in [-0.4, -0.2) is 23.7 Å². The standard InChI is InChI=1S/C16H16N2O4/c1-11(22-13-5-2-4-12(8-13)9-17)16(20)18-14(10-19)15-6-3-7-21-15/h2-8,11,14,19H,10H2,1H3,(H,18,20). The fourth-order valence-electron chi connectivity index (χ4n) is 1.88. The van der Waals surface area contributed by atoms with Crippen LogP contribution in [0.15, 0.2) is 47.1 Å². The Hall–Kier alpha value is -2.78. The summed E-state index contributed by atoms with van der Waals surface area (Å²) >= 11 is 0. The number of nitrogens with one attached hydrogen (secondary N) is 1. The fourth-order valence-corrected chi connectivity index (χ4v) is 1.88. The highest BCUT2D eigenvalue weighted by Gasteiger charge is 2.21. The van der Waals surface area contributed by atoms with E-state index < -0.39 is 18.1 Å². The first-order valence-electron chi connectivity index (χ1n) is 6.75. The van der Waals surface area contributed by atoms with Crippen LogP contribution in [0, 0.1) is 11.3 Å². The molecule has 0 fully saturated rings. The molecule has 0 aliphatic heterocycles. The van der Waals surface area contributed by atoms with E-state index in [2.05, 4.69) is 5.32 Å². The van der Waals surface area contributed by atoms with E-state index in [1.807, 2.05) is 6.07 Å². The van der Waals surface area contributed by atoms with Crippen molar-refractivity contribution in [3.8, 4) is 11.8 Å². The first-order valence-corrected chi connectivity index (χ1v) is 6.75. The van der Waals surface area contributed by atoms with Gasteiger partial charge in [-0.2, -0.15) is 5.26 Å². The lowest BCUT2D eigenvalue weighted by Gasteiger charge is -2.18. The van der Waals surface area contributed by atoms with Crippen LogP contribution in [0.2, 0.25) is 0 Å². The lowest BCUT2D eigenvalue weighted by Crippen LogP contribution is -2.39. The molecule has 1 aromatic heterocycles. The molecule has 2 aromatic rings. The van der Waals surface area contributed by atoms with E-state index in [-0.39, 0.29) is 6.61 Å². The molecule has 0 bridgehead atoms. The number of hydrogen-bond donors (Lipinski definition) is 2. The largest absolute Gasteiger partial charge is 0.481 e. The normalized spacial score (nSPS) is 13.0. The second-order valence-electron chi connectivity index (χ2n) is 4.66. The van der Waals surface area contributed by atoms with Gasteiger partial charge in [-0.25, -0.2) is 0 Å². The van der Waals surface area contributed by atoms with Gasteiger partial charge in [0.05, 0.1) is 24.5 Å². The highest BCUT2D eigenvalue weighted by atomic mass is 16.5. The Kier molecular flexibility index (Phi) is 5.17. The number of aliphatic hydroxyl groups excluding tert-OH is 1. The number of carbonyl (C=O) groups is 1. The molecular weight excluding hydrogens is 284 g/mol. The Labute approximate surface area is 127 Å². The van der Waals surface area contributed by atoms with Gasteiger partial charge in [0, 0.05) is 0 Å². The third kappa shape index (κ3) is 3.87. The van der Waals surface area contributed by atoms with Crippen LogP contribution in [0.4, 0.5) is 0 Å². The van der Waals surface area contributed by atoms with E-state index in [1.54, 1.807) is 43.3 Å². The molecule has 0 aliphatic rings. The van der Waals surface area contributed by atoms with E-state index in [0.717, 1.165) is 0 Å². The number of nitriles is 1. The van der Waals surface area contributed by atoms with Crippen LogP contribution in [0.3, 0.4) is 0 Å². The van der Waals surface area contributed by atoms with Gasteiger partial charge in [-0.3, -0.25) is 4.79 Å².